The summed E-state index contributed by atoms with van der Waals surface area (Å²) in [5.41, 5.74) is 3.76. The number of aryl methyl sites for hydroxylation is 1. The number of ketones is 1. The first-order valence-electron chi connectivity index (χ1n) is 15.4. The Balaban J connectivity index is 1.34. The summed E-state index contributed by atoms with van der Waals surface area (Å²) in [6.07, 6.45) is 0. The number of aliphatic hydroxyl groups excluding tert-OH is 1. The molecule has 0 bridgehead atoms. The Morgan fingerprint density at radius 2 is 1.71 bits per heavy atom. The lowest BCUT2D eigenvalue weighted by Crippen LogP contribution is -2.29. The van der Waals surface area contributed by atoms with Gasteiger partial charge < -0.3 is 19.3 Å². The number of carbonyl (C=O) groups is 2. The smallest absolute Gasteiger partial charge is 0.301 e. The number of aromatic nitrogens is 2. The van der Waals surface area contributed by atoms with E-state index in [2.05, 4.69) is 10.2 Å². The van der Waals surface area contributed by atoms with Crippen LogP contribution in [0, 0.1) is 12.7 Å². The van der Waals surface area contributed by atoms with Gasteiger partial charge in [0.05, 0.1) is 25.3 Å². The van der Waals surface area contributed by atoms with Crippen molar-refractivity contribution in [1.82, 2.24) is 10.2 Å². The zero-order valence-corrected chi connectivity index (χ0v) is 28.5. The fraction of sp³-hybridized carbons (Fsp3) is 0.189. The first-order chi connectivity index (χ1) is 23.8. The van der Waals surface area contributed by atoms with Crippen LogP contribution in [0.2, 0.25) is 0 Å². The SMILES string of the molecule is CCOc1ccc(C2C(=C(O)c3ccc(OCc4ccccc4C)cc3)C(=O)C(=O)N2c2nnc(SCc3ccc(F)cc3)s2)cc1OC. The van der Waals surface area contributed by atoms with E-state index >= 15 is 0 Å². The number of halogens is 1. The number of ether oxygens (including phenoxy) is 3. The Labute approximate surface area is 291 Å². The molecular formula is C37H32FN3O6S2. The average Bonchev–Trinajstić information content (AvgIpc) is 3.69. The van der Waals surface area contributed by atoms with Gasteiger partial charge in [0.25, 0.3) is 5.78 Å². The molecule has 4 aromatic carbocycles. The molecule has 1 saturated heterocycles. The number of thioether (sulfide) groups is 1. The van der Waals surface area contributed by atoms with E-state index in [4.69, 9.17) is 14.2 Å². The summed E-state index contributed by atoms with van der Waals surface area (Å²) in [6.45, 7) is 4.64. The topological polar surface area (TPSA) is 111 Å². The van der Waals surface area contributed by atoms with Crippen LogP contribution >= 0.6 is 23.1 Å². The predicted octanol–water partition coefficient (Wildman–Crippen LogP) is 7.89. The Bertz CT molecular complexity index is 2010. The number of aliphatic hydroxyl groups is 1. The van der Waals surface area contributed by atoms with Gasteiger partial charge in [-0.2, -0.15) is 0 Å². The van der Waals surface area contributed by atoms with E-state index in [0.29, 0.717) is 51.7 Å². The highest BCUT2D eigenvalue weighted by molar-refractivity contribution is 8.00. The van der Waals surface area contributed by atoms with Gasteiger partial charge in [0.15, 0.2) is 15.8 Å². The van der Waals surface area contributed by atoms with Crippen LogP contribution in [-0.4, -0.2) is 40.7 Å². The zero-order chi connectivity index (χ0) is 34.5. The Kier molecular flexibility index (Phi) is 10.3. The van der Waals surface area contributed by atoms with Gasteiger partial charge in [0.1, 0.15) is 23.9 Å². The third kappa shape index (κ3) is 7.30. The minimum atomic E-state index is -1.05. The molecule has 1 N–H and O–H groups in total. The van der Waals surface area contributed by atoms with Crippen molar-refractivity contribution >= 4 is 45.7 Å². The second-order valence-electron chi connectivity index (χ2n) is 11.0. The third-order valence-electron chi connectivity index (χ3n) is 7.91. The molecule has 1 unspecified atom stereocenters. The quantitative estimate of drug-likeness (QED) is 0.0458. The molecule has 0 spiro atoms. The Hall–Kier alpha value is -5.20. The summed E-state index contributed by atoms with van der Waals surface area (Å²) in [5.74, 6) is -0.439. The average molecular weight is 698 g/mol. The Morgan fingerprint density at radius 1 is 0.959 bits per heavy atom. The van der Waals surface area contributed by atoms with Crippen molar-refractivity contribution < 1.29 is 33.3 Å². The van der Waals surface area contributed by atoms with E-state index in [1.54, 1.807) is 54.6 Å². The summed E-state index contributed by atoms with van der Waals surface area (Å²) < 4.78 is 31.1. The fourth-order valence-electron chi connectivity index (χ4n) is 5.36. The first-order valence-corrected chi connectivity index (χ1v) is 17.2. The predicted molar refractivity (Wildman–Crippen MR) is 187 cm³/mol. The third-order valence-corrected chi connectivity index (χ3v) is 10.0. The lowest BCUT2D eigenvalue weighted by atomic mass is 9.95. The van der Waals surface area contributed by atoms with Crippen molar-refractivity contribution in [1.29, 1.82) is 0 Å². The number of carbonyl (C=O) groups excluding carboxylic acids is 2. The first kappa shape index (κ1) is 33.7. The van der Waals surface area contributed by atoms with Gasteiger partial charge in [-0.05, 0) is 84.6 Å². The molecule has 5 aromatic rings. The number of nitrogens with zero attached hydrogens (tertiary/aromatic N) is 3. The maximum absolute atomic E-state index is 13.7. The molecule has 0 saturated carbocycles. The molecule has 1 fully saturated rings. The molecule has 1 aliphatic rings. The van der Waals surface area contributed by atoms with Crippen LogP contribution < -0.4 is 19.1 Å². The molecule has 6 rings (SSSR count). The van der Waals surface area contributed by atoms with Gasteiger partial charge in [0, 0.05) is 11.3 Å². The van der Waals surface area contributed by atoms with Crippen molar-refractivity contribution in [3.05, 3.63) is 130 Å². The Morgan fingerprint density at radius 3 is 2.43 bits per heavy atom. The number of hydrogen-bond acceptors (Lipinski definition) is 10. The van der Waals surface area contributed by atoms with Crippen LogP contribution in [0.15, 0.2) is 101 Å². The van der Waals surface area contributed by atoms with E-state index in [1.807, 2.05) is 38.1 Å². The molecule has 1 aliphatic heterocycles. The molecule has 0 radical (unpaired) electrons. The summed E-state index contributed by atoms with van der Waals surface area (Å²) >= 11 is 2.51. The van der Waals surface area contributed by atoms with Gasteiger partial charge in [-0.3, -0.25) is 14.5 Å². The molecule has 49 heavy (non-hydrogen) atoms. The number of amides is 1. The van der Waals surface area contributed by atoms with E-state index in [1.165, 1.54) is 35.9 Å². The lowest BCUT2D eigenvalue weighted by molar-refractivity contribution is -0.132. The van der Waals surface area contributed by atoms with Crippen LogP contribution in [0.3, 0.4) is 0 Å². The largest absolute Gasteiger partial charge is 0.507 e. The molecule has 1 atom stereocenters. The van der Waals surface area contributed by atoms with E-state index < -0.39 is 17.7 Å². The van der Waals surface area contributed by atoms with Crippen molar-refractivity contribution in [2.45, 2.75) is 36.6 Å². The molecule has 1 amide bonds. The van der Waals surface area contributed by atoms with Crippen molar-refractivity contribution in [2.24, 2.45) is 0 Å². The number of anilines is 1. The highest BCUT2D eigenvalue weighted by Gasteiger charge is 2.48. The van der Waals surface area contributed by atoms with E-state index in [0.717, 1.165) is 28.0 Å². The normalized spacial score (nSPS) is 15.4. The minimum absolute atomic E-state index is 0.111. The summed E-state index contributed by atoms with van der Waals surface area (Å²) in [4.78, 5) is 28.7. The van der Waals surface area contributed by atoms with Crippen molar-refractivity contribution in [3.63, 3.8) is 0 Å². The molecular weight excluding hydrogens is 666 g/mol. The van der Waals surface area contributed by atoms with Crippen LogP contribution in [0.5, 0.6) is 17.2 Å². The fourth-order valence-corrected chi connectivity index (χ4v) is 7.18. The number of hydrogen-bond donors (Lipinski definition) is 1. The zero-order valence-electron chi connectivity index (χ0n) is 26.9. The lowest BCUT2D eigenvalue weighted by Gasteiger charge is -2.23. The summed E-state index contributed by atoms with van der Waals surface area (Å²) in [5, 5.41) is 20.4. The number of Topliss-reactive ketones (excluding diaryl/α,β-unsaturated/α-hetero) is 1. The monoisotopic (exact) mass is 697 g/mol. The minimum Gasteiger partial charge on any atom is -0.507 e. The standard InChI is InChI=1S/C37H32FN3O6S2/c1-4-46-29-18-13-25(19-30(29)45-3)32-31(33(42)24-11-16-28(17-12-24)47-20-26-8-6-5-7-22(26)2)34(43)35(44)41(32)36-39-40-37(49-36)48-21-23-9-14-27(38)15-10-23/h5-19,32,42H,4,20-21H2,1-3H3. The molecule has 1 aromatic heterocycles. The van der Waals surface area contributed by atoms with Gasteiger partial charge in [-0.1, -0.05) is 65.6 Å². The van der Waals surface area contributed by atoms with E-state index in [-0.39, 0.29) is 22.3 Å². The maximum Gasteiger partial charge on any atom is 0.301 e. The highest BCUT2D eigenvalue weighted by atomic mass is 32.2. The highest BCUT2D eigenvalue weighted by Crippen LogP contribution is 2.45. The van der Waals surface area contributed by atoms with Crippen molar-refractivity contribution in [2.75, 3.05) is 18.6 Å². The van der Waals surface area contributed by atoms with Gasteiger partial charge in [-0.25, -0.2) is 4.39 Å². The molecule has 250 valence electrons. The molecule has 9 nitrogen and oxygen atoms in total. The summed E-state index contributed by atoms with van der Waals surface area (Å²) in [6, 6.07) is 24.8. The summed E-state index contributed by atoms with van der Waals surface area (Å²) in [7, 11) is 1.50. The maximum atomic E-state index is 13.7. The van der Waals surface area contributed by atoms with Crippen LogP contribution in [0.1, 0.15) is 40.8 Å². The van der Waals surface area contributed by atoms with Gasteiger partial charge in [-0.15, -0.1) is 10.2 Å². The van der Waals surface area contributed by atoms with E-state index in [9.17, 15) is 19.1 Å². The molecule has 2 heterocycles. The molecule has 0 aliphatic carbocycles. The molecule has 12 heteroatoms. The number of rotatable bonds is 12. The van der Waals surface area contributed by atoms with Gasteiger partial charge in [0.2, 0.25) is 5.13 Å². The van der Waals surface area contributed by atoms with Crippen LogP contribution in [0.25, 0.3) is 5.76 Å². The van der Waals surface area contributed by atoms with Crippen LogP contribution in [-0.2, 0) is 21.9 Å². The van der Waals surface area contributed by atoms with Crippen LogP contribution in [0.4, 0.5) is 9.52 Å². The number of benzene rings is 4. The second kappa shape index (κ2) is 14.9. The second-order valence-corrected chi connectivity index (χ2v) is 13.2. The van der Waals surface area contributed by atoms with Crippen molar-refractivity contribution in [3.8, 4) is 17.2 Å². The number of methoxy groups -OCH3 is 1. The van der Waals surface area contributed by atoms with Gasteiger partial charge >= 0.3 is 5.91 Å².